The summed E-state index contributed by atoms with van der Waals surface area (Å²) in [4.78, 5) is 104. The van der Waals surface area contributed by atoms with E-state index >= 15 is 19.2 Å². The van der Waals surface area contributed by atoms with Crippen LogP contribution in [-0.2, 0) is 66.7 Å². The number of esters is 7. The third-order valence-corrected chi connectivity index (χ3v) is 21.7. The Morgan fingerprint density at radius 1 is 0.206 bits per heavy atom. The van der Waals surface area contributed by atoms with Crippen LogP contribution in [0.25, 0.3) is 55.6 Å². The fraction of sp³-hybridized carbons (Fsp3) is 0.374. The van der Waals surface area contributed by atoms with Gasteiger partial charge in [-0.2, -0.15) is 0 Å². The van der Waals surface area contributed by atoms with E-state index in [9.17, 15) is 14.4 Å². The first-order valence-corrected chi connectivity index (χ1v) is 44.5. The Balaban J connectivity index is 0.904. The summed E-state index contributed by atoms with van der Waals surface area (Å²) in [5.41, 5.74) is 10.6. The Bertz CT molecular complexity index is 4840. The second-order valence-electron chi connectivity index (χ2n) is 32.3. The Kier molecular flexibility index (Phi) is 40.2. The van der Waals surface area contributed by atoms with E-state index in [1.165, 1.54) is 6.92 Å². The molecule has 19 nitrogen and oxygen atoms in total. The van der Waals surface area contributed by atoms with Crippen molar-refractivity contribution in [2.75, 3.05) is 66.1 Å². The summed E-state index contributed by atoms with van der Waals surface area (Å²) < 4.78 is 72.8. The highest BCUT2D eigenvalue weighted by Crippen LogP contribution is 2.37. The minimum atomic E-state index is -1.35. The lowest BCUT2D eigenvalue weighted by molar-refractivity contribution is -0.167. The molecule has 10 aromatic carbocycles. The van der Waals surface area contributed by atoms with Gasteiger partial charge < -0.3 is 56.8 Å². The largest absolute Gasteiger partial charge is 0.494 e. The minimum Gasteiger partial charge on any atom is -0.494 e. The van der Waals surface area contributed by atoms with Crippen LogP contribution in [0.4, 0.5) is 0 Å². The van der Waals surface area contributed by atoms with Crippen molar-refractivity contribution in [1.82, 2.24) is 0 Å². The Labute approximate surface area is 743 Å². The predicted molar refractivity (Wildman–Crippen MR) is 489 cm³/mol. The van der Waals surface area contributed by atoms with Crippen LogP contribution >= 0.6 is 0 Å². The molecule has 19 heteroatoms. The van der Waals surface area contributed by atoms with Crippen molar-refractivity contribution < 1.29 is 90.4 Å². The zero-order valence-electron chi connectivity index (χ0n) is 73.6. The summed E-state index contributed by atoms with van der Waals surface area (Å²) in [6, 6.07) is 89.0. The molecule has 0 aromatic heterocycles. The van der Waals surface area contributed by atoms with Crippen LogP contribution in [0, 0.1) is 41.4 Å². The zero-order chi connectivity index (χ0) is 88.9. The molecule has 7 unspecified atom stereocenters. The molecule has 7 atom stereocenters. The molecule has 10 rings (SSSR count). The molecule has 0 fully saturated rings. The van der Waals surface area contributed by atoms with Crippen LogP contribution in [-0.4, -0.2) is 120 Å². The summed E-state index contributed by atoms with van der Waals surface area (Å²) in [5.74, 6) is -10.4. The molecule has 0 saturated carbocycles. The maximum absolute atomic E-state index is 15.5. The molecule has 126 heavy (non-hydrogen) atoms. The molecule has 664 valence electrons. The molecule has 0 aliphatic heterocycles. The molecule has 0 N–H and O–H groups in total. The number of benzene rings is 10. The normalized spacial score (nSPS) is 12.8. The summed E-state index contributed by atoms with van der Waals surface area (Å²) in [7, 11) is 0. The molecule has 0 aliphatic carbocycles. The molecule has 0 heterocycles. The highest BCUT2D eigenvalue weighted by Gasteiger charge is 2.42. The Hall–Kier alpha value is -12.5. The maximum Gasteiger partial charge on any atom is 0.310 e. The van der Waals surface area contributed by atoms with Crippen molar-refractivity contribution in [1.29, 1.82) is 0 Å². The van der Waals surface area contributed by atoms with Crippen molar-refractivity contribution in [2.24, 2.45) is 41.4 Å². The van der Waals surface area contributed by atoms with Gasteiger partial charge in [-0.3, -0.25) is 33.6 Å². The molecule has 0 amide bonds. The quantitative estimate of drug-likeness (QED) is 0.0196. The van der Waals surface area contributed by atoms with Gasteiger partial charge in [0.25, 0.3) is 0 Å². The van der Waals surface area contributed by atoms with Crippen LogP contribution in [0.5, 0.6) is 28.7 Å². The zero-order valence-corrected chi connectivity index (χ0v) is 73.6. The van der Waals surface area contributed by atoms with Crippen LogP contribution in [0.2, 0.25) is 0 Å². The second kappa shape index (κ2) is 53.0. The first-order chi connectivity index (χ1) is 61.4. The number of rotatable bonds is 55. The van der Waals surface area contributed by atoms with Crippen LogP contribution in [0.3, 0.4) is 0 Å². The first kappa shape index (κ1) is 95.7. The third kappa shape index (κ3) is 33.2. The minimum absolute atomic E-state index is 0.0398. The average molecular weight is 1710 g/mol. The maximum atomic E-state index is 15.5. The van der Waals surface area contributed by atoms with E-state index in [2.05, 4.69) is 0 Å². The van der Waals surface area contributed by atoms with Crippen LogP contribution < -0.4 is 23.7 Å². The second-order valence-corrected chi connectivity index (χ2v) is 32.3. The van der Waals surface area contributed by atoms with Crippen molar-refractivity contribution in [2.45, 2.75) is 150 Å². The van der Waals surface area contributed by atoms with Gasteiger partial charge in [-0.25, -0.2) is 0 Å². The number of hydrogen-bond acceptors (Lipinski definition) is 19. The Morgan fingerprint density at radius 3 is 0.643 bits per heavy atom. The van der Waals surface area contributed by atoms with Crippen molar-refractivity contribution >= 4 is 41.8 Å². The Morgan fingerprint density at radius 2 is 0.405 bits per heavy atom. The van der Waals surface area contributed by atoms with Crippen LogP contribution in [0.1, 0.15) is 138 Å². The van der Waals surface area contributed by atoms with Crippen molar-refractivity contribution in [3.63, 3.8) is 0 Å². The van der Waals surface area contributed by atoms with E-state index in [1.807, 2.05) is 273 Å². The molecule has 0 saturated heterocycles. The lowest BCUT2D eigenvalue weighted by atomic mass is 9.77. The standard InChI is InChI=1S/C107H122O19/c1-77(2)125-102(109)80(6)100(107(114)126-78(3)4)76-94(106(113)124-71-31-26-66-119-99-60-50-90(51-61-99)85-40-20-11-21-41-85)75-93(105(112)123-70-30-25-65-118-98-58-48-89(49-59-98)84-38-18-10-19-39-84)74-92(104(111)122-69-29-24-64-117-97-56-46-88(47-57-97)83-36-16-9-17-37-83)73-91(103(110)121-68-28-23-63-116-96-54-44-87(45-55-96)82-34-14-8-15-35-82)72-79(5)101(108)120-67-27-22-62-115-95-52-42-86(43-53-95)81-32-12-7-13-33-81/h7-21,32-61,77-80,91-94,100H,22-31,62-76H2,1-6H3. The van der Waals surface area contributed by atoms with Crippen molar-refractivity contribution in [3.05, 3.63) is 273 Å². The molecule has 0 bridgehead atoms. The lowest BCUT2D eigenvalue weighted by Gasteiger charge is -2.29. The van der Waals surface area contributed by atoms with Gasteiger partial charge in [-0.1, -0.05) is 226 Å². The summed E-state index contributed by atoms with van der Waals surface area (Å²) in [6.07, 6.45) is 1.64. The lowest BCUT2D eigenvalue weighted by Crippen LogP contribution is -2.37. The highest BCUT2D eigenvalue weighted by molar-refractivity contribution is 5.84. The van der Waals surface area contributed by atoms with Crippen molar-refractivity contribution in [3.8, 4) is 84.4 Å². The van der Waals surface area contributed by atoms with E-state index in [-0.39, 0.29) is 78.4 Å². The molecular formula is C107H122O19. The highest BCUT2D eigenvalue weighted by atomic mass is 16.6. The number of hydrogen-bond donors (Lipinski definition) is 0. The van der Waals surface area contributed by atoms with E-state index in [0.717, 1.165) is 55.6 Å². The number of carbonyl (C=O) groups excluding carboxylic acids is 7. The summed E-state index contributed by atoms with van der Waals surface area (Å²) >= 11 is 0. The topological polar surface area (TPSA) is 230 Å². The SMILES string of the molecule is CC(C)OC(=O)C(C)C(CC(CC(CC(CC(CC(C)C(=O)OCCCCOc1ccc(-c2ccccc2)cc1)C(=O)OCCCCOc1ccc(-c2ccccc2)cc1)C(=O)OCCCCOc1ccc(-c2ccccc2)cc1)C(=O)OCCCCOc1ccc(-c2ccccc2)cc1)C(=O)OCCCCOc1ccc(-c2ccccc2)cc1)C(=O)OC(C)C. The van der Waals surface area contributed by atoms with Gasteiger partial charge >= 0.3 is 41.8 Å². The van der Waals surface area contributed by atoms with Gasteiger partial charge in [0.2, 0.25) is 0 Å². The summed E-state index contributed by atoms with van der Waals surface area (Å²) in [5, 5.41) is 0. The fourth-order valence-electron chi connectivity index (χ4n) is 14.7. The van der Waals surface area contributed by atoms with Gasteiger partial charge in [0.05, 0.1) is 120 Å². The number of ether oxygens (including phenoxy) is 12. The van der Waals surface area contributed by atoms with E-state index in [0.29, 0.717) is 113 Å². The van der Waals surface area contributed by atoms with E-state index in [4.69, 9.17) is 56.8 Å². The van der Waals surface area contributed by atoms with E-state index < -0.39 is 95.4 Å². The molecule has 10 aromatic rings. The van der Waals surface area contributed by atoms with Gasteiger partial charge in [0, 0.05) is 0 Å². The van der Waals surface area contributed by atoms with Gasteiger partial charge in [0.1, 0.15) is 28.7 Å². The third-order valence-electron chi connectivity index (χ3n) is 21.7. The molecule has 0 radical (unpaired) electrons. The van der Waals surface area contributed by atoms with Crippen LogP contribution in [0.15, 0.2) is 273 Å². The number of unbranched alkanes of at least 4 members (excludes halogenated alkanes) is 5. The predicted octanol–water partition coefficient (Wildman–Crippen LogP) is 22.5. The molecule has 0 spiro atoms. The number of carbonyl (C=O) groups is 7. The average Bonchev–Trinajstić information content (AvgIpc) is 0.828. The fourth-order valence-corrected chi connectivity index (χ4v) is 14.7. The van der Waals surface area contributed by atoms with Gasteiger partial charge in [-0.05, 0) is 240 Å². The smallest absolute Gasteiger partial charge is 0.310 e. The monoisotopic (exact) mass is 1710 g/mol. The summed E-state index contributed by atoms with van der Waals surface area (Å²) in [6.45, 7) is 11.2. The van der Waals surface area contributed by atoms with E-state index in [1.54, 1.807) is 34.6 Å². The molecular weight excluding hydrogens is 1590 g/mol. The first-order valence-electron chi connectivity index (χ1n) is 44.5. The molecule has 0 aliphatic rings. The van der Waals surface area contributed by atoms with Gasteiger partial charge in [0.15, 0.2) is 0 Å². The van der Waals surface area contributed by atoms with Gasteiger partial charge in [-0.15, -0.1) is 0 Å².